The Kier molecular flexibility index (Phi) is 2.09. The van der Waals surface area contributed by atoms with E-state index in [2.05, 4.69) is 30.4 Å². The molecule has 0 saturated carbocycles. The number of furan rings is 1. The van der Waals surface area contributed by atoms with Crippen LogP contribution in [0.15, 0.2) is 46.9 Å². The number of benzene rings is 1. The molecule has 1 aliphatic carbocycles. The predicted octanol–water partition coefficient (Wildman–Crippen LogP) is 4.26. The zero-order valence-electron chi connectivity index (χ0n) is 8.65. The van der Waals surface area contributed by atoms with Crippen LogP contribution in [0.25, 0.3) is 11.0 Å². The van der Waals surface area contributed by atoms with Gasteiger partial charge in [0.2, 0.25) is 0 Å². The van der Waals surface area contributed by atoms with Crippen LogP contribution in [0.3, 0.4) is 0 Å². The lowest BCUT2D eigenvalue weighted by Gasteiger charge is -2.12. The molecule has 2 aromatic rings. The van der Waals surface area contributed by atoms with Crippen LogP contribution in [0.5, 0.6) is 0 Å². The Morgan fingerprint density at radius 2 is 2.13 bits per heavy atom. The van der Waals surface area contributed by atoms with E-state index in [1.54, 1.807) is 0 Å². The first-order valence-corrected chi connectivity index (χ1v) is 5.58. The van der Waals surface area contributed by atoms with Crippen molar-refractivity contribution in [3.8, 4) is 0 Å². The summed E-state index contributed by atoms with van der Waals surface area (Å²) in [7, 11) is 0. The van der Waals surface area contributed by atoms with Gasteiger partial charge in [0, 0.05) is 11.3 Å². The van der Waals surface area contributed by atoms with Crippen LogP contribution in [-0.2, 0) is 0 Å². The standard InChI is InChI=1S/C14H14O/c1-2-6-11(7-3-1)14-10-12-8-4-5-9-13(12)15-14/h2,4-6,8-11H,1,3,7H2/t11-/m0/s1. The van der Waals surface area contributed by atoms with Crippen LogP contribution in [0, 0.1) is 0 Å². The second kappa shape index (κ2) is 3.58. The molecule has 1 aromatic heterocycles. The Bertz CT molecular complexity index is 460. The smallest absolute Gasteiger partial charge is 0.134 e. The second-order valence-corrected chi connectivity index (χ2v) is 4.15. The highest BCUT2D eigenvalue weighted by Gasteiger charge is 2.15. The van der Waals surface area contributed by atoms with Crippen LogP contribution < -0.4 is 0 Å². The number of hydrogen-bond acceptors (Lipinski definition) is 1. The quantitative estimate of drug-likeness (QED) is 0.624. The third-order valence-corrected chi connectivity index (χ3v) is 3.06. The van der Waals surface area contributed by atoms with Crippen molar-refractivity contribution < 1.29 is 4.42 Å². The molecule has 0 radical (unpaired) electrons. The van der Waals surface area contributed by atoms with Gasteiger partial charge in [-0.25, -0.2) is 0 Å². The van der Waals surface area contributed by atoms with Crippen molar-refractivity contribution in [3.05, 3.63) is 48.2 Å². The van der Waals surface area contributed by atoms with Crippen molar-refractivity contribution in [2.24, 2.45) is 0 Å². The lowest BCUT2D eigenvalue weighted by Crippen LogP contribution is -1.96. The van der Waals surface area contributed by atoms with Crippen molar-refractivity contribution in [2.45, 2.75) is 25.2 Å². The molecular formula is C14H14O. The highest BCUT2D eigenvalue weighted by Crippen LogP contribution is 2.31. The summed E-state index contributed by atoms with van der Waals surface area (Å²) in [6, 6.07) is 10.4. The number of allylic oxidation sites excluding steroid dienone is 2. The van der Waals surface area contributed by atoms with Gasteiger partial charge in [-0.3, -0.25) is 0 Å². The highest BCUT2D eigenvalue weighted by atomic mass is 16.3. The molecule has 1 heteroatoms. The third kappa shape index (κ3) is 1.58. The molecule has 0 aliphatic heterocycles. The number of para-hydroxylation sites is 1. The number of fused-ring (bicyclic) bond motifs is 1. The summed E-state index contributed by atoms with van der Waals surface area (Å²) in [6.07, 6.45) is 8.26. The SMILES string of the molecule is C1=C[C@H](c2cc3ccccc3o2)CCC1. The van der Waals surface area contributed by atoms with Gasteiger partial charge in [0.05, 0.1) is 0 Å². The Hall–Kier alpha value is -1.50. The van der Waals surface area contributed by atoms with Crippen molar-refractivity contribution >= 4 is 11.0 Å². The molecule has 0 unspecified atom stereocenters. The molecule has 1 nitrogen and oxygen atoms in total. The van der Waals surface area contributed by atoms with E-state index in [0.717, 1.165) is 11.3 Å². The van der Waals surface area contributed by atoms with E-state index in [9.17, 15) is 0 Å². The highest BCUT2D eigenvalue weighted by molar-refractivity contribution is 5.77. The van der Waals surface area contributed by atoms with Gasteiger partial charge in [-0.2, -0.15) is 0 Å². The van der Waals surface area contributed by atoms with Crippen LogP contribution in [0.4, 0.5) is 0 Å². The van der Waals surface area contributed by atoms with Gasteiger partial charge in [-0.1, -0.05) is 30.4 Å². The first kappa shape index (κ1) is 8.78. The maximum absolute atomic E-state index is 5.86. The zero-order chi connectivity index (χ0) is 10.1. The summed E-state index contributed by atoms with van der Waals surface area (Å²) in [5.74, 6) is 1.61. The summed E-state index contributed by atoms with van der Waals surface area (Å²) in [6.45, 7) is 0. The lowest BCUT2D eigenvalue weighted by molar-refractivity contribution is 0.496. The number of rotatable bonds is 1. The van der Waals surface area contributed by atoms with Crippen LogP contribution in [0.1, 0.15) is 30.9 Å². The molecule has 15 heavy (non-hydrogen) atoms. The minimum atomic E-state index is 0.492. The third-order valence-electron chi connectivity index (χ3n) is 3.06. The second-order valence-electron chi connectivity index (χ2n) is 4.15. The van der Waals surface area contributed by atoms with Gasteiger partial charge in [-0.05, 0) is 31.4 Å². The van der Waals surface area contributed by atoms with E-state index in [4.69, 9.17) is 4.42 Å². The molecule has 0 N–H and O–H groups in total. The van der Waals surface area contributed by atoms with Crippen LogP contribution in [-0.4, -0.2) is 0 Å². The molecule has 0 spiro atoms. The normalized spacial score (nSPS) is 20.9. The first-order chi connectivity index (χ1) is 7.43. The monoisotopic (exact) mass is 198 g/mol. The van der Waals surface area contributed by atoms with Gasteiger partial charge >= 0.3 is 0 Å². The fourth-order valence-electron chi connectivity index (χ4n) is 2.23. The molecule has 76 valence electrons. The molecule has 1 heterocycles. The van der Waals surface area contributed by atoms with E-state index in [1.807, 2.05) is 12.1 Å². The Morgan fingerprint density at radius 1 is 1.20 bits per heavy atom. The molecular weight excluding hydrogens is 184 g/mol. The Balaban J connectivity index is 2.03. The summed E-state index contributed by atoms with van der Waals surface area (Å²) < 4.78 is 5.86. The maximum Gasteiger partial charge on any atom is 0.134 e. The van der Waals surface area contributed by atoms with Gasteiger partial charge in [0.25, 0.3) is 0 Å². The minimum absolute atomic E-state index is 0.492. The molecule has 0 fully saturated rings. The summed E-state index contributed by atoms with van der Waals surface area (Å²) in [5.41, 5.74) is 1.01. The topological polar surface area (TPSA) is 13.1 Å². The Labute approximate surface area is 89.4 Å². The van der Waals surface area contributed by atoms with Gasteiger partial charge in [0.1, 0.15) is 11.3 Å². The fraction of sp³-hybridized carbons (Fsp3) is 0.286. The van der Waals surface area contributed by atoms with Gasteiger partial charge in [0.15, 0.2) is 0 Å². The molecule has 1 aromatic carbocycles. The molecule has 1 aliphatic rings. The molecule has 1 atom stereocenters. The van der Waals surface area contributed by atoms with E-state index in [1.165, 1.54) is 24.6 Å². The fourth-order valence-corrected chi connectivity index (χ4v) is 2.23. The predicted molar refractivity (Wildman–Crippen MR) is 61.9 cm³/mol. The van der Waals surface area contributed by atoms with Crippen LogP contribution in [0.2, 0.25) is 0 Å². The molecule has 0 bridgehead atoms. The summed E-state index contributed by atoms with van der Waals surface area (Å²) in [5, 5.41) is 1.21. The van der Waals surface area contributed by atoms with Gasteiger partial charge in [-0.15, -0.1) is 0 Å². The summed E-state index contributed by atoms with van der Waals surface area (Å²) >= 11 is 0. The minimum Gasteiger partial charge on any atom is -0.460 e. The van der Waals surface area contributed by atoms with Gasteiger partial charge < -0.3 is 4.42 Å². The largest absolute Gasteiger partial charge is 0.460 e. The van der Waals surface area contributed by atoms with Crippen molar-refractivity contribution in [1.82, 2.24) is 0 Å². The number of hydrogen-bond donors (Lipinski definition) is 0. The van der Waals surface area contributed by atoms with E-state index >= 15 is 0 Å². The van der Waals surface area contributed by atoms with Crippen LogP contribution >= 0.6 is 0 Å². The van der Waals surface area contributed by atoms with E-state index < -0.39 is 0 Å². The van der Waals surface area contributed by atoms with Crippen molar-refractivity contribution in [3.63, 3.8) is 0 Å². The maximum atomic E-state index is 5.86. The van der Waals surface area contributed by atoms with E-state index in [-0.39, 0.29) is 0 Å². The lowest BCUT2D eigenvalue weighted by atomic mass is 9.94. The molecule has 3 rings (SSSR count). The van der Waals surface area contributed by atoms with E-state index in [0.29, 0.717) is 5.92 Å². The molecule has 0 amide bonds. The average molecular weight is 198 g/mol. The first-order valence-electron chi connectivity index (χ1n) is 5.58. The Morgan fingerprint density at radius 3 is 2.93 bits per heavy atom. The van der Waals surface area contributed by atoms with Crippen molar-refractivity contribution in [2.75, 3.05) is 0 Å². The summed E-state index contributed by atoms with van der Waals surface area (Å²) in [4.78, 5) is 0. The molecule has 0 saturated heterocycles. The zero-order valence-corrected chi connectivity index (χ0v) is 8.65. The van der Waals surface area contributed by atoms with Crippen molar-refractivity contribution in [1.29, 1.82) is 0 Å². The average Bonchev–Trinajstić information content (AvgIpc) is 2.74.